The molecule has 112 valence electrons. The molecule has 0 aromatic rings. The SMILES string of the molecule is CC1CN(S(=O)(=O)NCC[C@H]2CCCN2)CC(C)O1. The topological polar surface area (TPSA) is 70.7 Å². The first kappa shape index (κ1) is 15.2. The zero-order valence-electron chi connectivity index (χ0n) is 11.8. The highest BCUT2D eigenvalue weighted by atomic mass is 32.2. The van der Waals surface area contributed by atoms with Gasteiger partial charge in [-0.2, -0.15) is 12.7 Å². The predicted molar refractivity (Wildman–Crippen MR) is 74.1 cm³/mol. The average molecular weight is 291 g/mol. The average Bonchev–Trinajstić information content (AvgIpc) is 2.80. The summed E-state index contributed by atoms with van der Waals surface area (Å²) in [5.74, 6) is 0. The van der Waals surface area contributed by atoms with Crippen molar-refractivity contribution in [2.24, 2.45) is 0 Å². The summed E-state index contributed by atoms with van der Waals surface area (Å²) in [5.41, 5.74) is 0. The Hall–Kier alpha value is -0.210. The van der Waals surface area contributed by atoms with Crippen LogP contribution in [0.4, 0.5) is 0 Å². The Morgan fingerprint density at radius 1 is 1.32 bits per heavy atom. The Morgan fingerprint density at radius 2 is 2.00 bits per heavy atom. The maximum atomic E-state index is 12.2. The molecule has 0 spiro atoms. The molecule has 3 atom stereocenters. The van der Waals surface area contributed by atoms with Crippen LogP contribution in [0.2, 0.25) is 0 Å². The standard InChI is InChI=1S/C12H25N3O3S/c1-10-8-15(9-11(2)18-10)19(16,17)14-7-5-12-4-3-6-13-12/h10-14H,3-9H2,1-2H3/t10?,11?,12-/m1/s1. The molecule has 0 amide bonds. The van der Waals surface area contributed by atoms with Crippen molar-refractivity contribution in [2.45, 2.75) is 51.4 Å². The van der Waals surface area contributed by atoms with E-state index < -0.39 is 10.2 Å². The molecule has 2 heterocycles. The second-order valence-corrected chi connectivity index (χ2v) is 7.31. The van der Waals surface area contributed by atoms with Gasteiger partial charge in [0.1, 0.15) is 0 Å². The van der Waals surface area contributed by atoms with Crippen molar-refractivity contribution < 1.29 is 13.2 Å². The highest BCUT2D eigenvalue weighted by Crippen LogP contribution is 2.14. The first-order valence-corrected chi connectivity index (χ1v) is 8.55. The molecule has 0 aromatic heterocycles. The maximum Gasteiger partial charge on any atom is 0.279 e. The van der Waals surface area contributed by atoms with Gasteiger partial charge in [-0.25, -0.2) is 4.72 Å². The summed E-state index contributed by atoms with van der Waals surface area (Å²) in [4.78, 5) is 0. The molecule has 2 aliphatic heterocycles. The predicted octanol–water partition coefficient (Wildman–Crippen LogP) is 0.0721. The quantitative estimate of drug-likeness (QED) is 0.752. The number of nitrogens with one attached hydrogen (secondary N) is 2. The molecular weight excluding hydrogens is 266 g/mol. The smallest absolute Gasteiger partial charge is 0.279 e. The molecule has 2 unspecified atom stereocenters. The molecule has 2 saturated heterocycles. The molecule has 0 radical (unpaired) electrons. The van der Waals surface area contributed by atoms with Crippen molar-refractivity contribution in [1.29, 1.82) is 0 Å². The first-order valence-electron chi connectivity index (χ1n) is 7.11. The number of hydrogen-bond acceptors (Lipinski definition) is 4. The minimum atomic E-state index is -3.37. The van der Waals surface area contributed by atoms with E-state index in [9.17, 15) is 8.42 Å². The molecular formula is C12H25N3O3S. The molecule has 6 nitrogen and oxygen atoms in total. The van der Waals surface area contributed by atoms with E-state index in [2.05, 4.69) is 10.0 Å². The zero-order chi connectivity index (χ0) is 13.9. The molecule has 2 rings (SSSR count). The van der Waals surface area contributed by atoms with Gasteiger partial charge in [0.2, 0.25) is 0 Å². The van der Waals surface area contributed by atoms with Crippen molar-refractivity contribution in [3.63, 3.8) is 0 Å². The molecule has 0 bridgehead atoms. The third kappa shape index (κ3) is 4.39. The number of rotatable bonds is 5. The van der Waals surface area contributed by atoms with Gasteiger partial charge in [-0.3, -0.25) is 0 Å². The molecule has 0 saturated carbocycles. The lowest BCUT2D eigenvalue weighted by Crippen LogP contribution is -2.52. The van der Waals surface area contributed by atoms with E-state index in [1.54, 1.807) is 0 Å². The van der Waals surface area contributed by atoms with Crippen molar-refractivity contribution >= 4 is 10.2 Å². The first-order chi connectivity index (χ1) is 8.97. The second-order valence-electron chi connectivity index (χ2n) is 5.56. The van der Waals surface area contributed by atoms with Crippen LogP contribution >= 0.6 is 0 Å². The fraction of sp³-hybridized carbons (Fsp3) is 1.00. The second kappa shape index (κ2) is 6.49. The highest BCUT2D eigenvalue weighted by molar-refractivity contribution is 7.87. The van der Waals surface area contributed by atoms with Crippen molar-refractivity contribution in [3.05, 3.63) is 0 Å². The maximum absolute atomic E-state index is 12.2. The molecule has 2 aliphatic rings. The Labute approximate surface area is 116 Å². The Kier molecular flexibility index (Phi) is 5.19. The van der Waals surface area contributed by atoms with Gasteiger partial charge in [0.15, 0.2) is 0 Å². The van der Waals surface area contributed by atoms with Crippen molar-refractivity contribution in [1.82, 2.24) is 14.3 Å². The molecule has 7 heteroatoms. The minimum absolute atomic E-state index is 0.0446. The summed E-state index contributed by atoms with van der Waals surface area (Å²) in [5, 5.41) is 3.37. The molecule has 2 N–H and O–H groups in total. The zero-order valence-corrected chi connectivity index (χ0v) is 12.6. The largest absolute Gasteiger partial charge is 0.373 e. The van der Waals surface area contributed by atoms with Gasteiger partial charge in [0.25, 0.3) is 10.2 Å². The van der Waals surface area contributed by atoms with Gasteiger partial charge < -0.3 is 10.1 Å². The van der Waals surface area contributed by atoms with E-state index in [1.165, 1.54) is 10.7 Å². The molecule has 2 fully saturated rings. The summed E-state index contributed by atoms with van der Waals surface area (Å²) >= 11 is 0. The van der Waals surface area contributed by atoms with E-state index in [0.717, 1.165) is 19.4 Å². The Bertz CT molecular complexity index is 372. The van der Waals surface area contributed by atoms with Gasteiger partial charge in [-0.05, 0) is 39.7 Å². The van der Waals surface area contributed by atoms with Crippen molar-refractivity contribution in [2.75, 3.05) is 26.2 Å². The third-order valence-corrected chi connectivity index (χ3v) is 5.21. The number of morpholine rings is 1. The van der Waals surface area contributed by atoms with Gasteiger partial charge in [-0.1, -0.05) is 0 Å². The number of hydrogen-bond donors (Lipinski definition) is 2. The summed E-state index contributed by atoms with van der Waals surface area (Å²) in [6, 6.07) is 0.463. The van der Waals surface area contributed by atoms with Crippen LogP contribution in [0.3, 0.4) is 0 Å². The lowest BCUT2D eigenvalue weighted by molar-refractivity contribution is -0.0443. The van der Waals surface area contributed by atoms with E-state index in [1.807, 2.05) is 13.8 Å². The minimum Gasteiger partial charge on any atom is -0.373 e. The summed E-state index contributed by atoms with van der Waals surface area (Å²) < 4.78 is 34.1. The molecule has 0 aromatic carbocycles. The van der Waals surface area contributed by atoms with Crippen molar-refractivity contribution in [3.8, 4) is 0 Å². The van der Waals surface area contributed by atoms with Gasteiger partial charge in [0.05, 0.1) is 12.2 Å². The van der Waals surface area contributed by atoms with Crippen LogP contribution in [-0.2, 0) is 14.9 Å². The van der Waals surface area contributed by atoms with Gasteiger partial charge in [-0.15, -0.1) is 0 Å². The monoisotopic (exact) mass is 291 g/mol. The van der Waals surface area contributed by atoms with E-state index in [0.29, 0.717) is 25.7 Å². The Balaban J connectivity index is 1.80. The Morgan fingerprint density at radius 3 is 2.58 bits per heavy atom. The van der Waals surface area contributed by atoms with Crippen LogP contribution in [-0.4, -0.2) is 57.2 Å². The van der Waals surface area contributed by atoms with Crippen LogP contribution in [0.25, 0.3) is 0 Å². The van der Waals surface area contributed by atoms with Crippen LogP contribution in [0.15, 0.2) is 0 Å². The number of ether oxygens (including phenoxy) is 1. The summed E-state index contributed by atoms with van der Waals surface area (Å²) in [6.07, 6.45) is 3.10. The van der Waals surface area contributed by atoms with Gasteiger partial charge in [0, 0.05) is 25.7 Å². The van der Waals surface area contributed by atoms with Crippen LogP contribution in [0, 0.1) is 0 Å². The van der Waals surface area contributed by atoms with Gasteiger partial charge >= 0.3 is 0 Å². The number of nitrogens with zero attached hydrogens (tertiary/aromatic N) is 1. The van der Waals surface area contributed by atoms with Crippen LogP contribution in [0.1, 0.15) is 33.1 Å². The lowest BCUT2D eigenvalue weighted by Gasteiger charge is -2.34. The molecule has 0 aliphatic carbocycles. The summed E-state index contributed by atoms with van der Waals surface area (Å²) in [7, 11) is -3.37. The lowest BCUT2D eigenvalue weighted by atomic mass is 10.2. The third-order valence-electron chi connectivity index (χ3n) is 3.67. The van der Waals surface area contributed by atoms with E-state index in [-0.39, 0.29) is 12.2 Å². The normalized spacial score (nSPS) is 33.7. The van der Waals surface area contributed by atoms with Crippen LogP contribution < -0.4 is 10.0 Å². The highest BCUT2D eigenvalue weighted by Gasteiger charge is 2.30. The van der Waals surface area contributed by atoms with E-state index >= 15 is 0 Å². The molecule has 19 heavy (non-hydrogen) atoms. The van der Waals surface area contributed by atoms with Crippen LogP contribution in [0.5, 0.6) is 0 Å². The fourth-order valence-corrected chi connectivity index (χ4v) is 4.15. The van der Waals surface area contributed by atoms with E-state index in [4.69, 9.17) is 4.74 Å². The summed E-state index contributed by atoms with van der Waals surface area (Å²) in [6.45, 7) is 6.22. The fourth-order valence-electron chi connectivity index (χ4n) is 2.78.